The lowest BCUT2D eigenvalue weighted by molar-refractivity contribution is 0.102. The van der Waals surface area contributed by atoms with Gasteiger partial charge in [-0.3, -0.25) is 4.79 Å². The van der Waals surface area contributed by atoms with E-state index in [9.17, 15) is 13.2 Å². The molecule has 0 aliphatic heterocycles. The maximum Gasteiger partial charge on any atom is 0.306 e. The monoisotopic (exact) mass is 278 g/mol. The van der Waals surface area contributed by atoms with Gasteiger partial charge < -0.3 is 8.92 Å². The fraction of sp³-hybridized carbons (Fsp3) is 0.300. The van der Waals surface area contributed by atoms with E-state index in [1.54, 1.807) is 0 Å². The van der Waals surface area contributed by atoms with E-state index in [4.69, 9.17) is 20.5 Å². The molecule has 5 nitrogen and oxygen atoms in total. The summed E-state index contributed by atoms with van der Waals surface area (Å²) in [7, 11) is -2.29. The van der Waals surface area contributed by atoms with Gasteiger partial charge in [0.25, 0.3) is 0 Å². The normalized spacial score (nSPS) is 11.0. The highest BCUT2D eigenvalue weighted by Crippen LogP contribution is 2.29. The van der Waals surface area contributed by atoms with E-state index in [0.717, 1.165) is 6.26 Å². The molecule has 1 aromatic carbocycles. The molecule has 0 fully saturated rings. The summed E-state index contributed by atoms with van der Waals surface area (Å²) in [6.07, 6.45) is 0.921. The van der Waals surface area contributed by atoms with Gasteiger partial charge in [-0.25, -0.2) is 0 Å². The Morgan fingerprint density at radius 1 is 1.35 bits per heavy atom. The molecule has 7 heteroatoms. The van der Waals surface area contributed by atoms with Crippen LogP contribution in [0.15, 0.2) is 18.2 Å². The fourth-order valence-corrected chi connectivity index (χ4v) is 1.77. The number of Topliss-reactive ketones (excluding diaryl/α,β-unsaturated/α-hetero) is 1. The zero-order chi connectivity index (χ0) is 13.1. The number of benzene rings is 1. The molecular formula is C10H11ClO5S. The molecule has 94 valence electrons. The molecule has 0 aromatic heterocycles. The van der Waals surface area contributed by atoms with E-state index < -0.39 is 10.1 Å². The van der Waals surface area contributed by atoms with Gasteiger partial charge in [-0.1, -0.05) is 0 Å². The second-order valence-electron chi connectivity index (χ2n) is 3.21. The summed E-state index contributed by atoms with van der Waals surface area (Å²) in [5.41, 5.74) is 0.331. The topological polar surface area (TPSA) is 69.7 Å². The van der Waals surface area contributed by atoms with Crippen molar-refractivity contribution in [3.8, 4) is 11.5 Å². The lowest BCUT2D eigenvalue weighted by Crippen LogP contribution is -2.08. The average Bonchev–Trinajstić information content (AvgIpc) is 2.26. The molecule has 1 rings (SSSR count). The van der Waals surface area contributed by atoms with Crippen molar-refractivity contribution in [1.29, 1.82) is 0 Å². The third-order valence-electron chi connectivity index (χ3n) is 1.85. The Balaban J connectivity index is 3.14. The molecule has 0 saturated heterocycles. The van der Waals surface area contributed by atoms with E-state index in [1.807, 2.05) is 0 Å². The highest BCUT2D eigenvalue weighted by Gasteiger charge is 2.13. The van der Waals surface area contributed by atoms with Crippen LogP contribution >= 0.6 is 11.6 Å². The lowest BCUT2D eigenvalue weighted by Gasteiger charge is -2.09. The van der Waals surface area contributed by atoms with Crippen molar-refractivity contribution in [3.63, 3.8) is 0 Å². The van der Waals surface area contributed by atoms with Gasteiger partial charge in [0.2, 0.25) is 0 Å². The van der Waals surface area contributed by atoms with Crippen LogP contribution in [0.4, 0.5) is 0 Å². The Labute approximate surface area is 104 Å². The molecule has 0 aliphatic rings. The van der Waals surface area contributed by atoms with Crippen molar-refractivity contribution in [2.24, 2.45) is 0 Å². The quantitative estimate of drug-likeness (QED) is 0.463. The predicted octanol–water partition coefficient (Wildman–Crippen LogP) is 1.46. The molecule has 0 amide bonds. The van der Waals surface area contributed by atoms with Crippen LogP contribution in [-0.2, 0) is 10.1 Å². The van der Waals surface area contributed by atoms with E-state index >= 15 is 0 Å². The van der Waals surface area contributed by atoms with Crippen LogP contribution in [0, 0.1) is 0 Å². The molecule has 0 heterocycles. The molecule has 17 heavy (non-hydrogen) atoms. The van der Waals surface area contributed by atoms with E-state index in [0.29, 0.717) is 5.56 Å². The summed E-state index contributed by atoms with van der Waals surface area (Å²) in [6.45, 7) is 0. The molecule has 1 aromatic rings. The molecule has 0 spiro atoms. The number of alkyl halides is 1. The van der Waals surface area contributed by atoms with E-state index in [-0.39, 0.29) is 23.2 Å². The third kappa shape index (κ3) is 3.90. The number of methoxy groups -OCH3 is 1. The van der Waals surface area contributed by atoms with Crippen molar-refractivity contribution in [3.05, 3.63) is 23.8 Å². The van der Waals surface area contributed by atoms with Gasteiger partial charge in [-0.15, -0.1) is 11.6 Å². The molecule has 0 bridgehead atoms. The summed E-state index contributed by atoms with van der Waals surface area (Å²) < 4.78 is 31.6. The van der Waals surface area contributed by atoms with Crippen molar-refractivity contribution < 1.29 is 22.1 Å². The fourth-order valence-electron chi connectivity index (χ4n) is 1.15. The van der Waals surface area contributed by atoms with Gasteiger partial charge in [0, 0.05) is 5.56 Å². The Kier molecular flexibility index (Phi) is 4.36. The largest absolute Gasteiger partial charge is 0.493 e. The van der Waals surface area contributed by atoms with Gasteiger partial charge in [-0.05, 0) is 18.2 Å². The molecular weight excluding hydrogens is 268 g/mol. The van der Waals surface area contributed by atoms with Crippen molar-refractivity contribution in [2.45, 2.75) is 0 Å². The number of ketones is 1. The van der Waals surface area contributed by atoms with Crippen molar-refractivity contribution >= 4 is 27.5 Å². The van der Waals surface area contributed by atoms with Crippen LogP contribution in [0.2, 0.25) is 0 Å². The minimum Gasteiger partial charge on any atom is -0.493 e. The summed E-state index contributed by atoms with van der Waals surface area (Å²) in [4.78, 5) is 11.3. The van der Waals surface area contributed by atoms with E-state index in [1.165, 1.54) is 25.3 Å². The minimum atomic E-state index is -3.64. The molecule has 0 saturated carbocycles. The Hall–Kier alpha value is -1.27. The summed E-state index contributed by atoms with van der Waals surface area (Å²) in [5, 5.41) is 0. The van der Waals surface area contributed by atoms with Crippen molar-refractivity contribution in [1.82, 2.24) is 0 Å². The van der Waals surface area contributed by atoms with Crippen LogP contribution in [0.5, 0.6) is 11.5 Å². The first-order valence-electron chi connectivity index (χ1n) is 4.54. The number of carbonyl (C=O) groups excluding carboxylic acids is 1. The van der Waals surface area contributed by atoms with Crippen LogP contribution in [0.3, 0.4) is 0 Å². The summed E-state index contributed by atoms with van der Waals surface area (Å²) in [5.74, 6) is -0.251. The minimum absolute atomic E-state index is 0.0288. The van der Waals surface area contributed by atoms with Gasteiger partial charge >= 0.3 is 10.1 Å². The number of hydrogen-bond donors (Lipinski definition) is 0. The molecule has 0 N–H and O–H groups in total. The predicted molar refractivity (Wildman–Crippen MR) is 63.5 cm³/mol. The highest BCUT2D eigenvalue weighted by atomic mass is 35.5. The number of carbonyl (C=O) groups is 1. The first-order valence-corrected chi connectivity index (χ1v) is 6.89. The maximum atomic E-state index is 11.3. The van der Waals surface area contributed by atoms with Gasteiger partial charge in [0.05, 0.1) is 19.2 Å². The Morgan fingerprint density at radius 2 is 2.00 bits per heavy atom. The number of halogens is 1. The van der Waals surface area contributed by atoms with Crippen molar-refractivity contribution in [2.75, 3.05) is 19.2 Å². The first kappa shape index (κ1) is 13.8. The van der Waals surface area contributed by atoms with Gasteiger partial charge in [0.1, 0.15) is 0 Å². The molecule has 0 atom stereocenters. The van der Waals surface area contributed by atoms with Gasteiger partial charge in [-0.2, -0.15) is 8.42 Å². The zero-order valence-corrected chi connectivity index (χ0v) is 10.8. The Morgan fingerprint density at radius 3 is 2.47 bits per heavy atom. The number of hydrogen-bond acceptors (Lipinski definition) is 5. The summed E-state index contributed by atoms with van der Waals surface area (Å²) in [6, 6.07) is 4.15. The molecule has 0 radical (unpaired) electrons. The molecule has 0 aliphatic carbocycles. The summed E-state index contributed by atoms with van der Waals surface area (Å²) >= 11 is 5.41. The average molecular weight is 279 g/mol. The van der Waals surface area contributed by atoms with Crippen LogP contribution in [0.25, 0.3) is 0 Å². The second-order valence-corrected chi connectivity index (χ2v) is 5.05. The second kappa shape index (κ2) is 5.37. The zero-order valence-electron chi connectivity index (χ0n) is 9.27. The first-order chi connectivity index (χ1) is 7.87. The smallest absolute Gasteiger partial charge is 0.306 e. The van der Waals surface area contributed by atoms with Crippen LogP contribution < -0.4 is 8.92 Å². The molecule has 0 unspecified atom stereocenters. The highest BCUT2D eigenvalue weighted by molar-refractivity contribution is 7.86. The van der Waals surface area contributed by atoms with Crippen LogP contribution in [-0.4, -0.2) is 33.4 Å². The number of rotatable bonds is 5. The third-order valence-corrected chi connectivity index (χ3v) is 2.57. The van der Waals surface area contributed by atoms with Gasteiger partial charge in [0.15, 0.2) is 17.3 Å². The maximum absolute atomic E-state index is 11.3. The standard InChI is InChI=1S/C10H11ClO5S/c1-15-10-5-7(8(12)6-11)3-4-9(10)16-17(2,13)14/h3-5H,6H2,1-2H3. The Bertz CT molecular complexity index is 523. The SMILES string of the molecule is COc1cc(C(=O)CCl)ccc1OS(C)(=O)=O. The van der Waals surface area contributed by atoms with E-state index in [2.05, 4.69) is 0 Å². The van der Waals surface area contributed by atoms with Crippen LogP contribution in [0.1, 0.15) is 10.4 Å². The lowest BCUT2D eigenvalue weighted by atomic mass is 10.1. The number of ether oxygens (including phenoxy) is 1.